The normalized spacial score (nSPS) is 26.3. The van der Waals surface area contributed by atoms with Crippen LogP contribution in [0.4, 0.5) is 0 Å². The zero-order valence-electron chi connectivity index (χ0n) is 12.4. The Labute approximate surface area is 137 Å². The van der Waals surface area contributed by atoms with E-state index in [0.717, 1.165) is 35.9 Å². The van der Waals surface area contributed by atoms with Crippen LogP contribution in [0.2, 0.25) is 0 Å². The van der Waals surface area contributed by atoms with Crippen LogP contribution >= 0.6 is 12.4 Å². The second-order valence-electron chi connectivity index (χ2n) is 6.15. The molecule has 0 spiro atoms. The first-order chi connectivity index (χ1) is 10.4. The van der Waals surface area contributed by atoms with E-state index in [2.05, 4.69) is 40.6 Å². The average Bonchev–Trinajstić information content (AvgIpc) is 2.82. The van der Waals surface area contributed by atoms with Crippen LogP contribution in [-0.2, 0) is 0 Å². The van der Waals surface area contributed by atoms with Crippen molar-refractivity contribution in [1.82, 2.24) is 10.3 Å². The number of ether oxygens (including phenoxy) is 1. The van der Waals surface area contributed by atoms with Gasteiger partial charge in [0.2, 0.25) is 0 Å². The monoisotopic (exact) mass is 316 g/mol. The fourth-order valence-corrected chi connectivity index (χ4v) is 3.69. The molecule has 1 aromatic heterocycles. The molecular formula is C18H21ClN2O. The van der Waals surface area contributed by atoms with Gasteiger partial charge >= 0.3 is 0 Å². The van der Waals surface area contributed by atoms with Gasteiger partial charge in [-0.05, 0) is 37.4 Å². The third-order valence-electron chi connectivity index (χ3n) is 4.70. The van der Waals surface area contributed by atoms with Gasteiger partial charge in [0.05, 0.1) is 0 Å². The number of aromatic nitrogens is 1. The standard InChI is InChI=1S/C18H20N2O.ClH/c1-2-6-17(16(5-1)14-4-3-7-19-11-14)21-18-9-13-8-15(18)12-20-10-13;/h1-7,11,13,15,18,20H,8-10,12H2;1H/t13-,15-,18+;/m0./s1. The van der Waals surface area contributed by atoms with Crippen LogP contribution in [0.15, 0.2) is 48.8 Å². The molecule has 4 heteroatoms. The summed E-state index contributed by atoms with van der Waals surface area (Å²) in [6, 6.07) is 12.4. The van der Waals surface area contributed by atoms with Gasteiger partial charge < -0.3 is 10.1 Å². The van der Waals surface area contributed by atoms with Gasteiger partial charge in [0.1, 0.15) is 11.9 Å². The van der Waals surface area contributed by atoms with Crippen molar-refractivity contribution in [2.24, 2.45) is 11.8 Å². The van der Waals surface area contributed by atoms with E-state index in [1.54, 1.807) is 6.20 Å². The third-order valence-corrected chi connectivity index (χ3v) is 4.70. The van der Waals surface area contributed by atoms with Gasteiger partial charge in [-0.3, -0.25) is 4.98 Å². The number of benzene rings is 1. The molecule has 1 N–H and O–H groups in total. The minimum Gasteiger partial charge on any atom is -0.489 e. The third kappa shape index (κ3) is 2.96. The lowest BCUT2D eigenvalue weighted by Crippen LogP contribution is -2.34. The Kier molecular flexibility index (Phi) is 4.65. The SMILES string of the molecule is Cl.c1cncc(-c2ccccc2O[C@@H]2C[C@H]3CNC[C@@H]2C3)c1. The molecule has 2 aromatic rings. The average molecular weight is 317 g/mol. The summed E-state index contributed by atoms with van der Waals surface area (Å²) in [5, 5.41) is 3.52. The number of pyridine rings is 1. The first kappa shape index (κ1) is 15.3. The van der Waals surface area contributed by atoms with E-state index in [-0.39, 0.29) is 12.4 Å². The van der Waals surface area contributed by atoms with Crippen molar-refractivity contribution >= 4 is 12.4 Å². The summed E-state index contributed by atoms with van der Waals surface area (Å²) in [5.74, 6) is 2.44. The van der Waals surface area contributed by atoms with Crippen LogP contribution in [0.25, 0.3) is 11.1 Å². The summed E-state index contributed by atoms with van der Waals surface area (Å²) < 4.78 is 6.41. The summed E-state index contributed by atoms with van der Waals surface area (Å²) in [4.78, 5) is 4.22. The molecule has 3 nitrogen and oxygen atoms in total. The van der Waals surface area contributed by atoms with E-state index < -0.39 is 0 Å². The van der Waals surface area contributed by atoms with Gasteiger partial charge in [-0.25, -0.2) is 0 Å². The van der Waals surface area contributed by atoms with Gasteiger partial charge in [0, 0.05) is 36.0 Å². The highest BCUT2D eigenvalue weighted by Crippen LogP contribution is 2.38. The van der Waals surface area contributed by atoms with Gasteiger partial charge in [0.25, 0.3) is 0 Å². The molecule has 2 aliphatic rings. The topological polar surface area (TPSA) is 34.1 Å². The number of hydrogen-bond donors (Lipinski definition) is 1. The number of rotatable bonds is 3. The lowest BCUT2D eigenvalue weighted by molar-refractivity contribution is 0.161. The Balaban J connectivity index is 0.00000144. The van der Waals surface area contributed by atoms with Gasteiger partial charge in [-0.15, -0.1) is 12.4 Å². The zero-order chi connectivity index (χ0) is 14.1. The highest BCUT2D eigenvalue weighted by Gasteiger charge is 2.38. The largest absolute Gasteiger partial charge is 0.489 e. The molecule has 0 unspecified atom stereocenters. The summed E-state index contributed by atoms with van der Waals surface area (Å²) in [6.07, 6.45) is 6.55. The number of halogens is 1. The fraction of sp³-hybridized carbons (Fsp3) is 0.389. The molecular weight excluding hydrogens is 296 g/mol. The number of piperidine rings is 1. The molecule has 4 rings (SSSR count). The van der Waals surface area contributed by atoms with Crippen molar-refractivity contribution in [3.05, 3.63) is 48.8 Å². The Morgan fingerprint density at radius 1 is 1.05 bits per heavy atom. The molecule has 1 aromatic carbocycles. The molecule has 3 atom stereocenters. The predicted molar refractivity (Wildman–Crippen MR) is 90.4 cm³/mol. The highest BCUT2D eigenvalue weighted by molar-refractivity contribution is 5.85. The summed E-state index contributed by atoms with van der Waals surface area (Å²) in [5.41, 5.74) is 2.26. The van der Waals surface area contributed by atoms with Crippen molar-refractivity contribution in [2.45, 2.75) is 18.9 Å². The van der Waals surface area contributed by atoms with Crippen LogP contribution in [0.3, 0.4) is 0 Å². The van der Waals surface area contributed by atoms with E-state index >= 15 is 0 Å². The molecule has 2 bridgehead atoms. The second kappa shape index (κ2) is 6.67. The van der Waals surface area contributed by atoms with E-state index in [1.165, 1.54) is 12.8 Å². The quantitative estimate of drug-likeness (QED) is 0.940. The number of hydrogen-bond acceptors (Lipinski definition) is 3. The number of nitrogens with zero attached hydrogens (tertiary/aromatic N) is 1. The van der Waals surface area contributed by atoms with Crippen LogP contribution in [0.5, 0.6) is 5.75 Å². The van der Waals surface area contributed by atoms with Crippen LogP contribution < -0.4 is 10.1 Å². The Hall–Kier alpha value is -1.58. The minimum absolute atomic E-state index is 0. The molecule has 0 amide bonds. The van der Waals surface area contributed by atoms with E-state index in [1.807, 2.05) is 12.3 Å². The smallest absolute Gasteiger partial charge is 0.127 e. The molecule has 1 aliphatic carbocycles. The van der Waals surface area contributed by atoms with Crippen molar-refractivity contribution in [3.63, 3.8) is 0 Å². The molecule has 116 valence electrons. The van der Waals surface area contributed by atoms with Crippen LogP contribution in [0.1, 0.15) is 12.8 Å². The van der Waals surface area contributed by atoms with Crippen LogP contribution in [-0.4, -0.2) is 24.2 Å². The van der Waals surface area contributed by atoms with Crippen LogP contribution in [0, 0.1) is 11.8 Å². The summed E-state index contributed by atoms with van der Waals surface area (Å²) in [6.45, 7) is 2.25. The van der Waals surface area contributed by atoms with Crippen molar-refractivity contribution in [1.29, 1.82) is 0 Å². The summed E-state index contributed by atoms with van der Waals surface area (Å²) in [7, 11) is 0. The van der Waals surface area contributed by atoms with Crippen molar-refractivity contribution < 1.29 is 4.74 Å². The van der Waals surface area contributed by atoms with Gasteiger partial charge in [0.15, 0.2) is 0 Å². The zero-order valence-corrected chi connectivity index (χ0v) is 13.3. The van der Waals surface area contributed by atoms with E-state index in [4.69, 9.17) is 4.74 Å². The van der Waals surface area contributed by atoms with Crippen molar-refractivity contribution in [2.75, 3.05) is 13.1 Å². The van der Waals surface area contributed by atoms with Gasteiger partial charge in [-0.2, -0.15) is 0 Å². The molecule has 1 saturated carbocycles. The van der Waals surface area contributed by atoms with E-state index in [9.17, 15) is 0 Å². The first-order valence-electron chi connectivity index (χ1n) is 7.77. The van der Waals surface area contributed by atoms with Gasteiger partial charge in [-0.1, -0.05) is 24.3 Å². The molecule has 0 radical (unpaired) electrons. The highest BCUT2D eigenvalue weighted by atomic mass is 35.5. The Bertz CT molecular complexity index is 619. The fourth-order valence-electron chi connectivity index (χ4n) is 3.69. The lowest BCUT2D eigenvalue weighted by atomic mass is 10.0. The predicted octanol–water partition coefficient (Wildman–Crippen LogP) is 3.55. The number of fused-ring (bicyclic) bond motifs is 2. The maximum atomic E-state index is 6.41. The Morgan fingerprint density at radius 3 is 2.77 bits per heavy atom. The maximum Gasteiger partial charge on any atom is 0.127 e. The lowest BCUT2D eigenvalue weighted by Gasteiger charge is -2.23. The minimum atomic E-state index is 0. The summed E-state index contributed by atoms with van der Waals surface area (Å²) >= 11 is 0. The first-order valence-corrected chi connectivity index (χ1v) is 7.77. The Morgan fingerprint density at radius 2 is 1.95 bits per heavy atom. The molecule has 22 heavy (non-hydrogen) atoms. The number of nitrogens with one attached hydrogen (secondary N) is 1. The maximum absolute atomic E-state index is 6.41. The molecule has 1 saturated heterocycles. The van der Waals surface area contributed by atoms with Crippen molar-refractivity contribution in [3.8, 4) is 16.9 Å². The van der Waals surface area contributed by atoms with E-state index in [0.29, 0.717) is 12.0 Å². The second-order valence-corrected chi connectivity index (χ2v) is 6.15. The number of para-hydroxylation sites is 1. The molecule has 2 fully saturated rings. The molecule has 2 heterocycles. The molecule has 1 aliphatic heterocycles.